The second-order valence-electron chi connectivity index (χ2n) is 6.81. The first-order valence-corrected chi connectivity index (χ1v) is 9.34. The van der Waals surface area contributed by atoms with Crippen LogP contribution in [-0.4, -0.2) is 34.8 Å². The molecule has 150 valence electrons. The molecule has 0 saturated carbocycles. The molecule has 2 heterocycles. The van der Waals surface area contributed by atoms with Crippen LogP contribution in [0.3, 0.4) is 0 Å². The molecule has 1 N–H and O–H groups in total. The molecule has 1 saturated heterocycles. The first-order valence-electron chi connectivity index (χ1n) is 9.34. The molecule has 1 aromatic heterocycles. The number of nitriles is 1. The monoisotopic (exact) mass is 394 g/mol. The van der Waals surface area contributed by atoms with Crippen molar-refractivity contribution >= 4 is 5.78 Å². The summed E-state index contributed by atoms with van der Waals surface area (Å²) in [6, 6.07) is 8.28. The Morgan fingerprint density at radius 1 is 1.45 bits per heavy atom. The van der Waals surface area contributed by atoms with Crippen molar-refractivity contribution in [2.24, 2.45) is 0 Å². The van der Waals surface area contributed by atoms with Crippen molar-refractivity contribution in [1.29, 1.82) is 5.26 Å². The van der Waals surface area contributed by atoms with Crippen LogP contribution in [0, 0.1) is 18.3 Å². The van der Waals surface area contributed by atoms with Crippen LogP contribution in [0.2, 0.25) is 0 Å². The minimum absolute atomic E-state index is 0.0566. The maximum Gasteiger partial charge on any atom is 0.271 e. The molecule has 7 heteroatoms. The van der Waals surface area contributed by atoms with Crippen LogP contribution in [0.5, 0.6) is 11.6 Å². The van der Waals surface area contributed by atoms with Gasteiger partial charge in [-0.15, -0.1) is 0 Å². The number of rotatable bonds is 7. The lowest BCUT2D eigenvalue weighted by Crippen LogP contribution is -2.30. The zero-order valence-corrected chi connectivity index (χ0v) is 16.2. The Hall–Kier alpha value is -3.37. The number of aromatic nitrogens is 1. The van der Waals surface area contributed by atoms with Gasteiger partial charge in [0.25, 0.3) is 5.56 Å². The maximum absolute atomic E-state index is 13.1. The van der Waals surface area contributed by atoms with Gasteiger partial charge in [-0.1, -0.05) is 12.7 Å². The largest absolute Gasteiger partial charge is 0.494 e. The highest BCUT2D eigenvalue weighted by Crippen LogP contribution is 2.27. The van der Waals surface area contributed by atoms with E-state index in [9.17, 15) is 20.0 Å². The van der Waals surface area contributed by atoms with Gasteiger partial charge < -0.3 is 14.6 Å². The normalized spacial score (nSPS) is 15.7. The van der Waals surface area contributed by atoms with E-state index in [-0.39, 0.29) is 29.3 Å². The summed E-state index contributed by atoms with van der Waals surface area (Å²) in [5.74, 6) is -0.352. The molecule has 0 bridgehead atoms. The van der Waals surface area contributed by atoms with Gasteiger partial charge in [0.05, 0.1) is 18.2 Å². The Labute approximate surface area is 168 Å². The Morgan fingerprint density at radius 2 is 2.17 bits per heavy atom. The highest BCUT2D eigenvalue weighted by atomic mass is 16.5. The predicted molar refractivity (Wildman–Crippen MR) is 106 cm³/mol. The number of carbonyl (C=O) groups excluding carboxylic acids is 1. The zero-order chi connectivity index (χ0) is 21.0. The number of pyridine rings is 1. The minimum atomic E-state index is -0.622. The second-order valence-corrected chi connectivity index (χ2v) is 6.81. The van der Waals surface area contributed by atoms with Gasteiger partial charge in [0.1, 0.15) is 24.0 Å². The number of ketones is 1. The fourth-order valence-corrected chi connectivity index (χ4v) is 3.39. The van der Waals surface area contributed by atoms with Crippen molar-refractivity contribution in [3.63, 3.8) is 0 Å². The van der Waals surface area contributed by atoms with Crippen LogP contribution in [-0.2, 0) is 11.3 Å². The average Bonchev–Trinajstić information content (AvgIpc) is 3.23. The number of ether oxygens (including phenoxy) is 2. The highest BCUT2D eigenvalue weighted by molar-refractivity contribution is 6.11. The fraction of sp³-hybridized carbons (Fsp3) is 0.318. The third-order valence-corrected chi connectivity index (χ3v) is 4.92. The van der Waals surface area contributed by atoms with Crippen LogP contribution in [0.15, 0.2) is 41.7 Å². The lowest BCUT2D eigenvalue weighted by molar-refractivity contribution is 0.0929. The Balaban J connectivity index is 2.03. The number of hydrogen-bond acceptors (Lipinski definition) is 6. The molecule has 2 aromatic rings. The van der Waals surface area contributed by atoms with Gasteiger partial charge in [-0.2, -0.15) is 5.26 Å². The number of aromatic hydroxyl groups is 1. The van der Waals surface area contributed by atoms with E-state index in [1.54, 1.807) is 30.3 Å². The van der Waals surface area contributed by atoms with Crippen molar-refractivity contribution in [2.45, 2.75) is 32.4 Å². The molecule has 1 aliphatic heterocycles. The van der Waals surface area contributed by atoms with Crippen molar-refractivity contribution in [2.75, 3.05) is 13.2 Å². The molecule has 1 unspecified atom stereocenters. The lowest BCUT2D eigenvalue weighted by Gasteiger charge is -2.18. The van der Waals surface area contributed by atoms with E-state index in [0.29, 0.717) is 24.5 Å². The van der Waals surface area contributed by atoms with Crippen LogP contribution in [0.1, 0.15) is 39.9 Å². The minimum Gasteiger partial charge on any atom is -0.494 e. The molecule has 0 amide bonds. The number of hydrogen-bond donors (Lipinski definition) is 1. The fourth-order valence-electron chi connectivity index (χ4n) is 3.39. The van der Waals surface area contributed by atoms with E-state index in [0.717, 1.165) is 17.4 Å². The zero-order valence-electron chi connectivity index (χ0n) is 16.2. The van der Waals surface area contributed by atoms with Gasteiger partial charge in [0.15, 0.2) is 5.78 Å². The van der Waals surface area contributed by atoms with Crippen molar-refractivity contribution < 1.29 is 19.4 Å². The molecule has 0 aliphatic carbocycles. The third kappa shape index (κ3) is 4.08. The van der Waals surface area contributed by atoms with Crippen LogP contribution in [0.4, 0.5) is 0 Å². The predicted octanol–water partition coefficient (Wildman–Crippen LogP) is 2.71. The Morgan fingerprint density at radius 3 is 2.76 bits per heavy atom. The maximum atomic E-state index is 13.1. The average molecular weight is 394 g/mol. The number of benzene rings is 1. The van der Waals surface area contributed by atoms with Gasteiger partial charge in [0.2, 0.25) is 5.88 Å². The highest BCUT2D eigenvalue weighted by Gasteiger charge is 2.27. The summed E-state index contributed by atoms with van der Waals surface area (Å²) < 4.78 is 12.0. The molecule has 29 heavy (non-hydrogen) atoms. The molecule has 7 nitrogen and oxygen atoms in total. The van der Waals surface area contributed by atoms with Crippen LogP contribution < -0.4 is 10.3 Å². The Kier molecular flexibility index (Phi) is 6.15. The number of nitrogens with zero attached hydrogens (tertiary/aromatic N) is 2. The molecule has 0 spiro atoms. The first kappa shape index (κ1) is 20.4. The number of carbonyl (C=O) groups is 1. The van der Waals surface area contributed by atoms with Crippen LogP contribution >= 0.6 is 0 Å². The summed E-state index contributed by atoms with van der Waals surface area (Å²) in [4.78, 5) is 25.8. The van der Waals surface area contributed by atoms with Gasteiger partial charge in [-0.3, -0.25) is 14.2 Å². The van der Waals surface area contributed by atoms with E-state index in [1.165, 1.54) is 6.92 Å². The van der Waals surface area contributed by atoms with Gasteiger partial charge >= 0.3 is 0 Å². The molecular weight excluding hydrogens is 372 g/mol. The summed E-state index contributed by atoms with van der Waals surface area (Å²) in [5, 5.41) is 20.2. The van der Waals surface area contributed by atoms with E-state index >= 15 is 0 Å². The summed E-state index contributed by atoms with van der Waals surface area (Å²) in [6.07, 6.45) is 2.98. The quantitative estimate of drug-likeness (QED) is 0.572. The molecule has 1 fully saturated rings. The van der Waals surface area contributed by atoms with Gasteiger partial charge in [-0.05, 0) is 49.6 Å². The topological polar surface area (TPSA) is 102 Å². The van der Waals surface area contributed by atoms with Gasteiger partial charge in [-0.25, -0.2) is 0 Å². The Bertz CT molecular complexity index is 1030. The van der Waals surface area contributed by atoms with Crippen molar-refractivity contribution in [3.05, 3.63) is 69.5 Å². The van der Waals surface area contributed by atoms with E-state index in [2.05, 4.69) is 6.58 Å². The van der Waals surface area contributed by atoms with Crippen molar-refractivity contribution in [3.8, 4) is 17.7 Å². The van der Waals surface area contributed by atoms with E-state index < -0.39 is 17.2 Å². The SMILES string of the molecule is C=CCOc1ccc(C(=O)c2c(C)c(C#N)c(=O)n(CC3CCCO3)c2O)cc1. The summed E-state index contributed by atoms with van der Waals surface area (Å²) in [7, 11) is 0. The smallest absolute Gasteiger partial charge is 0.271 e. The molecule has 3 rings (SSSR count). The summed E-state index contributed by atoms with van der Waals surface area (Å²) in [6.45, 7) is 6.09. The van der Waals surface area contributed by atoms with E-state index in [1.807, 2.05) is 6.07 Å². The third-order valence-electron chi connectivity index (χ3n) is 4.92. The van der Waals surface area contributed by atoms with Crippen LogP contribution in [0.25, 0.3) is 0 Å². The van der Waals surface area contributed by atoms with Crippen molar-refractivity contribution in [1.82, 2.24) is 4.57 Å². The van der Waals surface area contributed by atoms with E-state index in [4.69, 9.17) is 9.47 Å². The second kappa shape index (κ2) is 8.76. The summed E-state index contributed by atoms with van der Waals surface area (Å²) >= 11 is 0. The molecule has 1 atom stereocenters. The summed E-state index contributed by atoms with van der Waals surface area (Å²) in [5.41, 5.74) is -0.368. The molecule has 1 aromatic carbocycles. The first-order chi connectivity index (χ1) is 14.0. The molecule has 1 aliphatic rings. The van der Waals surface area contributed by atoms with Gasteiger partial charge in [0, 0.05) is 12.2 Å². The lowest BCUT2D eigenvalue weighted by atomic mass is 9.97. The molecular formula is C22H22N2O5. The standard InChI is InChI=1S/C22H22N2O5/c1-3-10-28-16-8-6-15(7-9-16)20(25)19-14(2)18(12-23)21(26)24(22(19)27)13-17-5-4-11-29-17/h3,6-9,17,27H,1,4-5,10-11,13H2,2H3. The molecule has 0 radical (unpaired) electrons.